The van der Waals surface area contributed by atoms with Gasteiger partial charge in [0.25, 0.3) is 0 Å². The fourth-order valence-electron chi connectivity index (χ4n) is 3.28. The highest BCUT2D eigenvalue weighted by molar-refractivity contribution is 5.33. The fourth-order valence-corrected chi connectivity index (χ4v) is 3.28. The van der Waals surface area contributed by atoms with Crippen molar-refractivity contribution in [3.63, 3.8) is 0 Å². The maximum absolute atomic E-state index is 6.06. The van der Waals surface area contributed by atoms with E-state index in [1.807, 2.05) is 0 Å². The van der Waals surface area contributed by atoms with Gasteiger partial charge in [0.2, 0.25) is 0 Å². The molecule has 2 N–H and O–H groups in total. The van der Waals surface area contributed by atoms with E-state index in [2.05, 4.69) is 44.0 Å². The Morgan fingerprint density at radius 3 is 2.22 bits per heavy atom. The van der Waals surface area contributed by atoms with Crippen molar-refractivity contribution in [2.45, 2.75) is 51.6 Å². The van der Waals surface area contributed by atoms with Gasteiger partial charge in [0.15, 0.2) is 0 Å². The smallest absolute Gasteiger partial charge is 0.0332 e. The minimum Gasteiger partial charge on any atom is -0.329 e. The first-order chi connectivity index (χ1) is 8.59. The van der Waals surface area contributed by atoms with Gasteiger partial charge < -0.3 is 5.73 Å². The van der Waals surface area contributed by atoms with Crippen LogP contribution in [0.1, 0.15) is 42.4 Å². The van der Waals surface area contributed by atoms with Gasteiger partial charge in [0.05, 0.1) is 0 Å². The maximum atomic E-state index is 6.06. The summed E-state index contributed by atoms with van der Waals surface area (Å²) < 4.78 is 0. The van der Waals surface area contributed by atoms with E-state index < -0.39 is 0 Å². The van der Waals surface area contributed by atoms with Crippen LogP contribution in [0.3, 0.4) is 0 Å². The topological polar surface area (TPSA) is 29.3 Å². The highest BCUT2D eigenvalue weighted by Crippen LogP contribution is 2.34. The van der Waals surface area contributed by atoms with E-state index in [1.165, 1.54) is 42.4 Å². The van der Waals surface area contributed by atoms with Crippen molar-refractivity contribution < 1.29 is 0 Å². The summed E-state index contributed by atoms with van der Waals surface area (Å²) in [6.45, 7) is 6.23. The van der Waals surface area contributed by atoms with Crippen molar-refractivity contribution in [1.82, 2.24) is 4.90 Å². The molecule has 0 atom stereocenters. The standard InChI is InChI=1S/C16H26N2/c1-13-7-6-8-14(2)15(13)11-18(3)16(12-17)9-4-5-10-16/h6-8H,4-5,9-12,17H2,1-3H3. The zero-order valence-electron chi connectivity index (χ0n) is 12.0. The molecular weight excluding hydrogens is 220 g/mol. The fraction of sp³-hybridized carbons (Fsp3) is 0.625. The molecule has 0 saturated heterocycles. The van der Waals surface area contributed by atoms with Crippen molar-refractivity contribution in [3.8, 4) is 0 Å². The minimum atomic E-state index is 0.245. The molecule has 0 aliphatic heterocycles. The zero-order chi connectivity index (χ0) is 13.2. The molecule has 2 nitrogen and oxygen atoms in total. The molecule has 1 saturated carbocycles. The van der Waals surface area contributed by atoms with Gasteiger partial charge in [-0.25, -0.2) is 0 Å². The monoisotopic (exact) mass is 246 g/mol. The molecule has 2 heteroatoms. The average Bonchev–Trinajstić information content (AvgIpc) is 2.84. The number of likely N-dealkylation sites (N-methyl/N-ethyl adjacent to an activating group) is 1. The highest BCUT2D eigenvalue weighted by Gasteiger charge is 2.36. The second-order valence-corrected chi connectivity index (χ2v) is 5.86. The van der Waals surface area contributed by atoms with E-state index in [4.69, 9.17) is 5.73 Å². The van der Waals surface area contributed by atoms with Gasteiger partial charge in [-0.1, -0.05) is 31.0 Å². The molecule has 0 unspecified atom stereocenters. The molecular formula is C16H26N2. The van der Waals surface area contributed by atoms with Crippen molar-refractivity contribution in [1.29, 1.82) is 0 Å². The molecule has 100 valence electrons. The molecule has 1 aromatic carbocycles. The van der Waals surface area contributed by atoms with E-state index in [9.17, 15) is 0 Å². The van der Waals surface area contributed by atoms with E-state index in [-0.39, 0.29) is 5.54 Å². The molecule has 0 bridgehead atoms. The molecule has 0 amide bonds. The maximum Gasteiger partial charge on any atom is 0.0332 e. The van der Waals surface area contributed by atoms with Crippen LogP contribution in [0.2, 0.25) is 0 Å². The van der Waals surface area contributed by atoms with Crippen LogP contribution in [0.15, 0.2) is 18.2 Å². The highest BCUT2D eigenvalue weighted by atomic mass is 15.2. The summed E-state index contributed by atoms with van der Waals surface area (Å²) in [5.41, 5.74) is 10.6. The molecule has 1 aliphatic rings. The van der Waals surface area contributed by atoms with E-state index in [0.29, 0.717) is 0 Å². The first kappa shape index (κ1) is 13.6. The van der Waals surface area contributed by atoms with Crippen molar-refractivity contribution >= 4 is 0 Å². The molecule has 1 fully saturated rings. The number of hydrogen-bond donors (Lipinski definition) is 1. The molecule has 0 spiro atoms. The Hall–Kier alpha value is -0.860. The van der Waals surface area contributed by atoms with Crippen LogP contribution in [0.5, 0.6) is 0 Å². The van der Waals surface area contributed by atoms with Crippen molar-refractivity contribution in [3.05, 3.63) is 34.9 Å². The summed E-state index contributed by atoms with van der Waals surface area (Å²) in [6, 6.07) is 6.56. The summed E-state index contributed by atoms with van der Waals surface area (Å²) in [6.07, 6.45) is 5.17. The quantitative estimate of drug-likeness (QED) is 0.885. The minimum absolute atomic E-state index is 0.245. The van der Waals surface area contributed by atoms with Crippen LogP contribution in [0.25, 0.3) is 0 Å². The first-order valence-corrected chi connectivity index (χ1v) is 7.05. The summed E-state index contributed by atoms with van der Waals surface area (Å²) in [4.78, 5) is 2.50. The molecule has 18 heavy (non-hydrogen) atoms. The Morgan fingerprint density at radius 2 is 1.72 bits per heavy atom. The van der Waals surface area contributed by atoms with Crippen LogP contribution < -0.4 is 5.73 Å². The van der Waals surface area contributed by atoms with Gasteiger partial charge in [-0.05, 0) is 50.4 Å². The molecule has 0 heterocycles. The Labute approximate surface area is 111 Å². The molecule has 1 aliphatic carbocycles. The number of benzene rings is 1. The number of rotatable bonds is 4. The van der Waals surface area contributed by atoms with Crippen molar-refractivity contribution in [2.75, 3.05) is 13.6 Å². The Kier molecular flexibility index (Phi) is 4.08. The summed E-state index contributed by atoms with van der Waals surface area (Å²) in [5.74, 6) is 0. The third-order valence-electron chi connectivity index (χ3n) is 4.76. The Bertz CT molecular complexity index is 385. The second kappa shape index (κ2) is 5.41. The molecule has 0 radical (unpaired) electrons. The third kappa shape index (κ3) is 2.45. The Morgan fingerprint density at radius 1 is 1.17 bits per heavy atom. The number of nitrogens with two attached hydrogens (primary N) is 1. The number of aryl methyl sites for hydroxylation is 2. The largest absolute Gasteiger partial charge is 0.329 e. The predicted octanol–water partition coefficient (Wildman–Crippen LogP) is 3.01. The summed E-state index contributed by atoms with van der Waals surface area (Å²) in [7, 11) is 2.24. The molecule has 2 rings (SSSR count). The van der Waals surface area contributed by atoms with Crippen LogP contribution in [0.4, 0.5) is 0 Å². The van der Waals surface area contributed by atoms with Crippen LogP contribution in [0, 0.1) is 13.8 Å². The van der Waals surface area contributed by atoms with E-state index in [0.717, 1.165) is 13.1 Å². The van der Waals surface area contributed by atoms with Crippen LogP contribution in [-0.2, 0) is 6.54 Å². The number of hydrogen-bond acceptors (Lipinski definition) is 2. The van der Waals surface area contributed by atoms with Gasteiger partial charge in [0.1, 0.15) is 0 Å². The van der Waals surface area contributed by atoms with Crippen LogP contribution in [-0.4, -0.2) is 24.0 Å². The van der Waals surface area contributed by atoms with E-state index in [1.54, 1.807) is 0 Å². The lowest BCUT2D eigenvalue weighted by atomic mass is 9.93. The number of nitrogens with zero attached hydrogens (tertiary/aromatic N) is 1. The lowest BCUT2D eigenvalue weighted by molar-refractivity contribution is 0.123. The third-order valence-corrected chi connectivity index (χ3v) is 4.76. The Balaban J connectivity index is 2.18. The van der Waals surface area contributed by atoms with Crippen LogP contribution >= 0.6 is 0 Å². The molecule has 0 aromatic heterocycles. The predicted molar refractivity (Wildman–Crippen MR) is 77.6 cm³/mol. The lowest BCUT2D eigenvalue weighted by Gasteiger charge is -2.38. The van der Waals surface area contributed by atoms with Gasteiger partial charge in [-0.2, -0.15) is 0 Å². The zero-order valence-corrected chi connectivity index (χ0v) is 12.0. The summed E-state index contributed by atoms with van der Waals surface area (Å²) >= 11 is 0. The van der Waals surface area contributed by atoms with E-state index >= 15 is 0 Å². The second-order valence-electron chi connectivity index (χ2n) is 5.86. The van der Waals surface area contributed by atoms with Gasteiger partial charge >= 0.3 is 0 Å². The van der Waals surface area contributed by atoms with Crippen molar-refractivity contribution in [2.24, 2.45) is 5.73 Å². The SMILES string of the molecule is Cc1cccc(C)c1CN(C)C1(CN)CCCC1. The van der Waals surface area contributed by atoms with Gasteiger partial charge in [-0.15, -0.1) is 0 Å². The first-order valence-electron chi connectivity index (χ1n) is 7.05. The lowest BCUT2D eigenvalue weighted by Crippen LogP contribution is -2.49. The van der Waals surface area contributed by atoms with Gasteiger partial charge in [0, 0.05) is 18.6 Å². The molecule has 1 aromatic rings. The van der Waals surface area contributed by atoms with Gasteiger partial charge in [-0.3, -0.25) is 4.90 Å². The average molecular weight is 246 g/mol. The summed E-state index contributed by atoms with van der Waals surface area (Å²) in [5, 5.41) is 0. The normalized spacial score (nSPS) is 18.5.